The Balaban J connectivity index is 1.44. The van der Waals surface area contributed by atoms with E-state index in [1.165, 1.54) is 19.2 Å². The van der Waals surface area contributed by atoms with Crippen LogP contribution in [-0.2, 0) is 32.0 Å². The molecule has 188 valence electrons. The highest BCUT2D eigenvalue weighted by atomic mass is 35.5. The summed E-state index contributed by atoms with van der Waals surface area (Å²) in [6.45, 7) is 1.17. The molecule has 6 nitrogen and oxygen atoms in total. The third kappa shape index (κ3) is 8.22. The van der Waals surface area contributed by atoms with Crippen LogP contribution in [0.5, 0.6) is 0 Å². The predicted molar refractivity (Wildman–Crippen MR) is 133 cm³/mol. The van der Waals surface area contributed by atoms with Crippen LogP contribution in [0.1, 0.15) is 36.8 Å². The lowest BCUT2D eigenvalue weighted by atomic mass is 9.92. The Morgan fingerprint density at radius 3 is 2.49 bits per heavy atom. The Labute approximate surface area is 214 Å². The van der Waals surface area contributed by atoms with Crippen molar-refractivity contribution >= 4 is 41.0 Å². The maximum absolute atomic E-state index is 13.5. The van der Waals surface area contributed by atoms with Crippen LogP contribution >= 0.6 is 23.2 Å². The van der Waals surface area contributed by atoms with Crippen LogP contribution in [0.3, 0.4) is 0 Å². The molecule has 1 aliphatic rings. The molecule has 0 aromatic heterocycles. The number of carbonyl (C=O) groups is 3. The molecule has 1 saturated heterocycles. The molecule has 1 atom stereocenters. The van der Waals surface area contributed by atoms with Crippen molar-refractivity contribution in [1.82, 2.24) is 10.2 Å². The predicted octanol–water partition coefficient (Wildman–Crippen LogP) is 4.59. The molecule has 2 aromatic carbocycles. The molecule has 35 heavy (non-hydrogen) atoms. The number of rotatable bonds is 9. The number of piperidine rings is 1. The highest BCUT2D eigenvalue weighted by Gasteiger charge is 2.27. The number of carbonyl (C=O) groups excluding carboxylic acids is 3. The second-order valence-corrected chi connectivity index (χ2v) is 9.57. The Hall–Kier alpha value is -2.64. The third-order valence-electron chi connectivity index (χ3n) is 6.20. The average Bonchev–Trinajstić information content (AvgIpc) is 2.84. The molecule has 0 aliphatic carbocycles. The first-order chi connectivity index (χ1) is 16.7. The fourth-order valence-corrected chi connectivity index (χ4v) is 4.56. The van der Waals surface area contributed by atoms with Gasteiger partial charge in [-0.25, -0.2) is 9.18 Å². The summed E-state index contributed by atoms with van der Waals surface area (Å²) in [6, 6.07) is 10.4. The first-order valence-corrected chi connectivity index (χ1v) is 12.3. The fourth-order valence-electron chi connectivity index (χ4n) is 4.24. The van der Waals surface area contributed by atoms with Gasteiger partial charge in [0.1, 0.15) is 11.9 Å². The van der Waals surface area contributed by atoms with Gasteiger partial charge in [0.15, 0.2) is 0 Å². The molecule has 9 heteroatoms. The summed E-state index contributed by atoms with van der Waals surface area (Å²) >= 11 is 12.0. The number of aryl methyl sites for hydroxylation is 1. The quantitative estimate of drug-likeness (QED) is 0.488. The molecule has 1 N–H and O–H groups in total. The van der Waals surface area contributed by atoms with Gasteiger partial charge in [0.05, 0.1) is 17.2 Å². The van der Waals surface area contributed by atoms with E-state index in [-0.39, 0.29) is 30.6 Å². The number of nitrogens with zero attached hydrogens (tertiary/aromatic N) is 1. The molecule has 1 fully saturated rings. The third-order valence-corrected chi connectivity index (χ3v) is 6.94. The van der Waals surface area contributed by atoms with E-state index < -0.39 is 17.8 Å². The number of benzene rings is 2. The van der Waals surface area contributed by atoms with Gasteiger partial charge in [-0.1, -0.05) is 41.4 Å². The van der Waals surface area contributed by atoms with Crippen LogP contribution in [0.4, 0.5) is 4.39 Å². The first kappa shape index (κ1) is 27.0. The number of amides is 2. The lowest BCUT2D eigenvalue weighted by Crippen LogP contribution is -2.44. The van der Waals surface area contributed by atoms with E-state index in [0.29, 0.717) is 54.4 Å². The van der Waals surface area contributed by atoms with Crippen molar-refractivity contribution in [3.63, 3.8) is 0 Å². The number of hydrogen-bond acceptors (Lipinski definition) is 4. The smallest absolute Gasteiger partial charge is 0.328 e. The molecule has 3 rings (SSSR count). The Kier molecular flexibility index (Phi) is 9.93. The van der Waals surface area contributed by atoms with Crippen molar-refractivity contribution in [3.05, 3.63) is 69.5 Å². The maximum atomic E-state index is 13.5. The van der Waals surface area contributed by atoms with Gasteiger partial charge in [0.25, 0.3) is 0 Å². The Bertz CT molecular complexity index is 1060. The minimum Gasteiger partial charge on any atom is -0.467 e. The lowest BCUT2D eigenvalue weighted by molar-refractivity contribution is -0.145. The average molecular weight is 523 g/mol. The van der Waals surface area contributed by atoms with E-state index in [2.05, 4.69) is 5.32 Å². The van der Waals surface area contributed by atoms with Gasteiger partial charge < -0.3 is 15.0 Å². The van der Waals surface area contributed by atoms with Gasteiger partial charge in [-0.15, -0.1) is 0 Å². The highest BCUT2D eigenvalue weighted by Crippen LogP contribution is 2.24. The number of methoxy groups -OCH3 is 1. The number of likely N-dealkylation sites (tertiary alicyclic amines) is 1. The fraction of sp³-hybridized carbons (Fsp3) is 0.423. The zero-order valence-electron chi connectivity index (χ0n) is 19.6. The molecule has 1 heterocycles. The monoisotopic (exact) mass is 522 g/mol. The largest absolute Gasteiger partial charge is 0.467 e. The van der Waals surface area contributed by atoms with Crippen molar-refractivity contribution in [3.8, 4) is 0 Å². The number of nitrogens with one attached hydrogen (secondary N) is 1. The molecular formula is C26H29Cl2FN2O4. The number of halogens is 3. The normalized spacial score (nSPS) is 14.9. The molecule has 0 radical (unpaired) electrons. The van der Waals surface area contributed by atoms with Crippen LogP contribution in [0.15, 0.2) is 42.5 Å². The number of hydrogen-bond donors (Lipinski definition) is 1. The zero-order chi connectivity index (χ0) is 25.4. The van der Waals surface area contributed by atoms with Crippen LogP contribution in [0.2, 0.25) is 10.0 Å². The van der Waals surface area contributed by atoms with E-state index in [0.717, 1.165) is 5.56 Å². The molecule has 2 amide bonds. The van der Waals surface area contributed by atoms with Crippen LogP contribution in [-0.4, -0.2) is 48.9 Å². The number of esters is 1. The van der Waals surface area contributed by atoms with Gasteiger partial charge in [0.2, 0.25) is 11.8 Å². The van der Waals surface area contributed by atoms with Gasteiger partial charge >= 0.3 is 5.97 Å². The van der Waals surface area contributed by atoms with Crippen molar-refractivity contribution in [2.24, 2.45) is 5.92 Å². The van der Waals surface area contributed by atoms with E-state index in [9.17, 15) is 18.8 Å². The summed E-state index contributed by atoms with van der Waals surface area (Å²) < 4.78 is 18.3. The molecule has 2 aromatic rings. The molecule has 0 spiro atoms. The SMILES string of the molecule is COC(=O)[C@H](Cc1cccc(F)c1)NC(=O)CC1CCN(C(=O)CCc2ccc(Cl)c(Cl)c2)CC1. The van der Waals surface area contributed by atoms with E-state index in [4.69, 9.17) is 27.9 Å². The van der Waals surface area contributed by atoms with Crippen molar-refractivity contribution < 1.29 is 23.5 Å². The Morgan fingerprint density at radius 1 is 1.09 bits per heavy atom. The van der Waals surface area contributed by atoms with E-state index in [1.807, 2.05) is 11.0 Å². The van der Waals surface area contributed by atoms with E-state index in [1.54, 1.807) is 24.3 Å². The second kappa shape index (κ2) is 12.9. The summed E-state index contributed by atoms with van der Waals surface area (Å²) in [5, 5.41) is 3.69. The van der Waals surface area contributed by atoms with Crippen LogP contribution in [0, 0.1) is 11.7 Å². The van der Waals surface area contributed by atoms with Crippen LogP contribution in [0.25, 0.3) is 0 Å². The second-order valence-electron chi connectivity index (χ2n) is 8.75. The van der Waals surface area contributed by atoms with Crippen LogP contribution < -0.4 is 5.32 Å². The maximum Gasteiger partial charge on any atom is 0.328 e. The van der Waals surface area contributed by atoms with Crippen molar-refractivity contribution in [2.45, 2.75) is 44.6 Å². The first-order valence-electron chi connectivity index (χ1n) is 11.6. The number of ether oxygens (including phenoxy) is 1. The van der Waals surface area contributed by atoms with Gasteiger partial charge in [0, 0.05) is 32.4 Å². The Morgan fingerprint density at radius 2 is 1.83 bits per heavy atom. The molecule has 0 bridgehead atoms. The minimum atomic E-state index is -0.891. The lowest BCUT2D eigenvalue weighted by Gasteiger charge is -2.32. The van der Waals surface area contributed by atoms with Crippen molar-refractivity contribution in [2.75, 3.05) is 20.2 Å². The topological polar surface area (TPSA) is 75.7 Å². The van der Waals surface area contributed by atoms with Gasteiger partial charge in [-0.3, -0.25) is 9.59 Å². The van der Waals surface area contributed by atoms with E-state index >= 15 is 0 Å². The minimum absolute atomic E-state index is 0.0693. The molecule has 1 aliphatic heterocycles. The highest BCUT2D eigenvalue weighted by molar-refractivity contribution is 6.42. The molecule has 0 saturated carbocycles. The van der Waals surface area contributed by atoms with Crippen molar-refractivity contribution in [1.29, 1.82) is 0 Å². The standard InChI is InChI=1S/C26H29Cl2FN2O4/c1-35-26(34)23(15-19-3-2-4-20(29)13-19)30-24(32)16-18-9-11-31(12-10-18)25(33)8-6-17-5-7-21(27)22(28)14-17/h2-5,7,13-14,18,23H,6,8-12,15-16H2,1H3,(H,30,32)/t23-/m0/s1. The molecular weight excluding hydrogens is 494 g/mol. The summed E-state index contributed by atoms with van der Waals surface area (Å²) in [5.41, 5.74) is 1.55. The summed E-state index contributed by atoms with van der Waals surface area (Å²) in [4.78, 5) is 39.2. The summed E-state index contributed by atoms with van der Waals surface area (Å²) in [6.07, 6.45) is 2.77. The van der Waals surface area contributed by atoms with Gasteiger partial charge in [-0.2, -0.15) is 0 Å². The summed E-state index contributed by atoms with van der Waals surface area (Å²) in [7, 11) is 1.25. The van der Waals surface area contributed by atoms with Gasteiger partial charge in [-0.05, 0) is 60.6 Å². The zero-order valence-corrected chi connectivity index (χ0v) is 21.1. The summed E-state index contributed by atoms with van der Waals surface area (Å²) in [5.74, 6) is -1.07. The molecule has 0 unspecified atom stereocenters.